The molecule has 0 saturated carbocycles. The number of nitrogens with two attached hydrogens (primary N) is 1. The summed E-state index contributed by atoms with van der Waals surface area (Å²) >= 11 is 0. The highest BCUT2D eigenvalue weighted by Gasteiger charge is 2.30. The van der Waals surface area contributed by atoms with Crippen molar-refractivity contribution < 1.29 is 14.7 Å². The zero-order chi connectivity index (χ0) is 12.8. The normalized spacial score (nSPS) is 23.9. The molecule has 0 unspecified atom stereocenters. The minimum absolute atomic E-state index is 0.0796. The van der Waals surface area contributed by atoms with Crippen LogP contribution in [0.25, 0.3) is 0 Å². The van der Waals surface area contributed by atoms with Crippen LogP contribution in [0, 0.1) is 11.3 Å². The maximum atomic E-state index is 11.6. The summed E-state index contributed by atoms with van der Waals surface area (Å²) in [6, 6.07) is -0.742. The highest BCUT2D eigenvalue weighted by molar-refractivity contribution is 5.86. The average molecular weight is 242 g/mol. The van der Waals surface area contributed by atoms with E-state index in [-0.39, 0.29) is 17.8 Å². The number of hydrogen-bond acceptors (Lipinski definition) is 3. The molecule has 0 spiro atoms. The molecule has 1 rings (SSSR count). The molecule has 0 bridgehead atoms. The van der Waals surface area contributed by atoms with Crippen molar-refractivity contribution in [3.05, 3.63) is 0 Å². The Hall–Kier alpha value is -1.79. The number of carbonyl (C=O) groups excluding carboxylic acids is 1. The minimum atomic E-state index is -0.977. The van der Waals surface area contributed by atoms with Gasteiger partial charge >= 0.3 is 5.97 Å². The number of rotatable bonds is 5. The van der Waals surface area contributed by atoms with Gasteiger partial charge in [-0.25, -0.2) is 4.79 Å². The molecule has 7 nitrogen and oxygen atoms in total. The van der Waals surface area contributed by atoms with Gasteiger partial charge in [0.25, 0.3) is 0 Å². The molecule has 2 atom stereocenters. The fourth-order valence-electron chi connectivity index (χ4n) is 1.89. The van der Waals surface area contributed by atoms with Crippen LogP contribution >= 0.6 is 0 Å². The summed E-state index contributed by atoms with van der Waals surface area (Å²) in [5.41, 5.74) is 5.12. The first-order valence-electron chi connectivity index (χ1n) is 5.61. The van der Waals surface area contributed by atoms with Crippen molar-refractivity contribution in [2.24, 2.45) is 11.7 Å². The van der Waals surface area contributed by atoms with Gasteiger partial charge < -0.3 is 21.5 Å². The molecule has 0 aromatic rings. The van der Waals surface area contributed by atoms with Crippen LogP contribution in [-0.4, -0.2) is 35.5 Å². The Balaban J connectivity index is 2.25. The van der Waals surface area contributed by atoms with Gasteiger partial charge in [0, 0.05) is 12.5 Å². The van der Waals surface area contributed by atoms with Crippen LogP contribution in [-0.2, 0) is 9.59 Å². The fraction of sp³-hybridized carbons (Fsp3) is 0.700. The zero-order valence-corrected chi connectivity index (χ0v) is 9.53. The number of piperidine rings is 1. The first-order chi connectivity index (χ1) is 8.00. The van der Waals surface area contributed by atoms with Crippen LogP contribution < -0.4 is 16.4 Å². The molecule has 1 saturated heterocycles. The second-order valence-electron chi connectivity index (χ2n) is 4.16. The van der Waals surface area contributed by atoms with Gasteiger partial charge in [0.1, 0.15) is 6.04 Å². The predicted octanol–water partition coefficient (Wildman–Crippen LogP) is -0.771. The Labute approximate surface area is 99.3 Å². The lowest BCUT2D eigenvalue weighted by atomic mass is 9.90. The molecule has 0 aromatic carbocycles. The summed E-state index contributed by atoms with van der Waals surface area (Å²) in [6.07, 6.45) is 2.49. The van der Waals surface area contributed by atoms with Crippen LogP contribution in [0.1, 0.15) is 25.7 Å². The van der Waals surface area contributed by atoms with Crippen molar-refractivity contribution in [1.29, 1.82) is 5.41 Å². The van der Waals surface area contributed by atoms with E-state index in [1.54, 1.807) is 0 Å². The molecule has 1 heterocycles. The minimum Gasteiger partial charge on any atom is -0.480 e. The quantitative estimate of drug-likeness (QED) is 0.245. The molecular formula is C10H18N4O3. The van der Waals surface area contributed by atoms with Crippen molar-refractivity contribution in [3.8, 4) is 0 Å². The van der Waals surface area contributed by atoms with Gasteiger partial charge in [0.2, 0.25) is 5.91 Å². The monoisotopic (exact) mass is 242 g/mol. The maximum Gasteiger partial charge on any atom is 0.326 e. The third-order valence-electron chi connectivity index (χ3n) is 2.83. The summed E-state index contributed by atoms with van der Waals surface area (Å²) in [6.45, 7) is 0.557. The number of carboxylic acid groups (broad SMARTS) is 1. The van der Waals surface area contributed by atoms with Crippen molar-refractivity contribution in [3.63, 3.8) is 0 Å². The second kappa shape index (κ2) is 6.07. The summed E-state index contributed by atoms with van der Waals surface area (Å²) in [5.74, 6) is -1.37. The molecule has 1 aliphatic rings. The van der Waals surface area contributed by atoms with E-state index < -0.39 is 12.0 Å². The molecule has 96 valence electrons. The highest BCUT2D eigenvalue weighted by Crippen LogP contribution is 2.20. The lowest BCUT2D eigenvalue weighted by Gasteiger charge is -2.26. The van der Waals surface area contributed by atoms with E-state index in [1.165, 1.54) is 0 Å². The molecule has 0 aliphatic carbocycles. The molecule has 17 heavy (non-hydrogen) atoms. The highest BCUT2D eigenvalue weighted by atomic mass is 16.4. The molecule has 1 aliphatic heterocycles. The van der Waals surface area contributed by atoms with Gasteiger partial charge in [-0.3, -0.25) is 10.2 Å². The van der Waals surface area contributed by atoms with Gasteiger partial charge in [-0.2, -0.15) is 0 Å². The first kappa shape index (κ1) is 13.3. The number of amides is 1. The summed E-state index contributed by atoms with van der Waals surface area (Å²) in [4.78, 5) is 22.3. The maximum absolute atomic E-state index is 11.6. The van der Waals surface area contributed by atoms with Gasteiger partial charge in [-0.15, -0.1) is 0 Å². The summed E-state index contributed by atoms with van der Waals surface area (Å²) < 4.78 is 0. The Kier molecular flexibility index (Phi) is 4.74. The Morgan fingerprint density at radius 1 is 1.59 bits per heavy atom. The lowest BCUT2D eigenvalue weighted by molar-refractivity contribution is -0.144. The molecule has 1 amide bonds. The topological polar surface area (TPSA) is 128 Å². The first-order valence-corrected chi connectivity index (χ1v) is 5.61. The van der Waals surface area contributed by atoms with E-state index in [1.807, 2.05) is 0 Å². The van der Waals surface area contributed by atoms with Crippen molar-refractivity contribution in [2.75, 3.05) is 6.54 Å². The van der Waals surface area contributed by atoms with E-state index in [0.717, 1.165) is 6.42 Å². The Morgan fingerprint density at radius 3 is 2.82 bits per heavy atom. The van der Waals surface area contributed by atoms with Gasteiger partial charge in [0.15, 0.2) is 5.96 Å². The molecular weight excluding hydrogens is 224 g/mol. The fourth-order valence-corrected chi connectivity index (χ4v) is 1.89. The molecule has 0 radical (unpaired) electrons. The van der Waals surface area contributed by atoms with E-state index in [9.17, 15) is 9.59 Å². The molecule has 0 aromatic heterocycles. The summed E-state index contributed by atoms with van der Waals surface area (Å²) in [7, 11) is 0. The Morgan fingerprint density at radius 2 is 2.29 bits per heavy atom. The van der Waals surface area contributed by atoms with Crippen LogP contribution in [0.4, 0.5) is 0 Å². The van der Waals surface area contributed by atoms with Crippen molar-refractivity contribution in [2.45, 2.75) is 31.7 Å². The van der Waals surface area contributed by atoms with Gasteiger partial charge in [-0.05, 0) is 25.7 Å². The van der Waals surface area contributed by atoms with E-state index in [0.29, 0.717) is 25.8 Å². The smallest absolute Gasteiger partial charge is 0.326 e. The van der Waals surface area contributed by atoms with Crippen molar-refractivity contribution >= 4 is 17.8 Å². The van der Waals surface area contributed by atoms with Crippen LogP contribution in [0.5, 0.6) is 0 Å². The number of carboxylic acids is 1. The second-order valence-corrected chi connectivity index (χ2v) is 4.16. The SMILES string of the molecule is N=C(N)NCCC[C@@H]1CC[C@H](C(=O)O)NC1=O. The third kappa shape index (κ3) is 4.29. The number of guanidine groups is 1. The van der Waals surface area contributed by atoms with E-state index in [4.69, 9.17) is 16.2 Å². The Bertz CT molecular complexity index is 319. The van der Waals surface area contributed by atoms with Crippen molar-refractivity contribution in [1.82, 2.24) is 10.6 Å². The zero-order valence-electron chi connectivity index (χ0n) is 9.53. The number of aliphatic carboxylic acids is 1. The van der Waals surface area contributed by atoms with Crippen LogP contribution in [0.15, 0.2) is 0 Å². The lowest BCUT2D eigenvalue weighted by Crippen LogP contribution is -2.48. The molecule has 7 heteroatoms. The van der Waals surface area contributed by atoms with E-state index in [2.05, 4.69) is 10.6 Å². The average Bonchev–Trinajstić information content (AvgIpc) is 2.25. The summed E-state index contributed by atoms with van der Waals surface area (Å²) in [5, 5.41) is 20.9. The standard InChI is InChI=1S/C10H18N4O3/c11-10(12)13-5-1-2-6-3-4-7(9(16)17)14-8(6)15/h6-7H,1-5H2,(H,14,15)(H,16,17)(H4,11,12,13)/t6-,7-/m1/s1. The van der Waals surface area contributed by atoms with E-state index >= 15 is 0 Å². The number of hydrogen-bond donors (Lipinski definition) is 5. The van der Waals surface area contributed by atoms with Gasteiger partial charge in [0.05, 0.1) is 0 Å². The van der Waals surface area contributed by atoms with Crippen LogP contribution in [0.2, 0.25) is 0 Å². The molecule has 1 fully saturated rings. The number of nitrogens with one attached hydrogen (secondary N) is 3. The largest absolute Gasteiger partial charge is 0.480 e. The van der Waals surface area contributed by atoms with Crippen LogP contribution in [0.3, 0.4) is 0 Å². The molecule has 6 N–H and O–H groups in total. The third-order valence-corrected chi connectivity index (χ3v) is 2.83. The van der Waals surface area contributed by atoms with Gasteiger partial charge in [-0.1, -0.05) is 0 Å². The number of carbonyl (C=O) groups is 2. The predicted molar refractivity (Wildman–Crippen MR) is 61.4 cm³/mol.